The molecule has 1 aliphatic heterocycles. The molecule has 0 fully saturated rings. The molecule has 2 aromatic carbocycles. The maximum atomic E-state index is 13.6. The monoisotopic (exact) mass is 377 g/mol. The van der Waals surface area contributed by atoms with Gasteiger partial charge in [-0.2, -0.15) is 0 Å². The summed E-state index contributed by atoms with van der Waals surface area (Å²) in [5.41, 5.74) is 1.54. The molecule has 1 unspecified atom stereocenters. The fourth-order valence-electron chi connectivity index (χ4n) is 3.04. The first-order valence-electron chi connectivity index (χ1n) is 8.31. The van der Waals surface area contributed by atoms with Gasteiger partial charge in [-0.05, 0) is 48.7 Å². The SMILES string of the molecule is CS(=O)(=O)Cc1cccc(C(=O)NC2CCCOc3ccc(F)cc32)c1. The molecule has 1 amide bonds. The van der Waals surface area contributed by atoms with Crippen LogP contribution in [0.1, 0.15) is 40.4 Å². The van der Waals surface area contributed by atoms with E-state index < -0.39 is 9.84 Å². The number of halogens is 1. The van der Waals surface area contributed by atoms with Gasteiger partial charge in [0.25, 0.3) is 5.91 Å². The number of fused-ring (bicyclic) bond motifs is 1. The van der Waals surface area contributed by atoms with Crippen molar-refractivity contribution >= 4 is 15.7 Å². The van der Waals surface area contributed by atoms with Crippen molar-refractivity contribution in [3.05, 3.63) is 65.0 Å². The fraction of sp³-hybridized carbons (Fsp3) is 0.316. The Morgan fingerprint density at radius 2 is 2.08 bits per heavy atom. The molecule has 0 bridgehead atoms. The molecule has 26 heavy (non-hydrogen) atoms. The number of hydrogen-bond donors (Lipinski definition) is 1. The topological polar surface area (TPSA) is 72.5 Å². The molecule has 0 aliphatic carbocycles. The van der Waals surface area contributed by atoms with Gasteiger partial charge in [-0.15, -0.1) is 0 Å². The quantitative estimate of drug-likeness (QED) is 0.889. The van der Waals surface area contributed by atoms with Crippen molar-refractivity contribution in [1.29, 1.82) is 0 Å². The summed E-state index contributed by atoms with van der Waals surface area (Å²) >= 11 is 0. The van der Waals surface area contributed by atoms with Gasteiger partial charge in [-0.1, -0.05) is 12.1 Å². The van der Waals surface area contributed by atoms with E-state index >= 15 is 0 Å². The second kappa shape index (κ2) is 7.45. The zero-order chi connectivity index (χ0) is 18.7. The smallest absolute Gasteiger partial charge is 0.251 e. The molecule has 1 heterocycles. The van der Waals surface area contributed by atoms with E-state index in [0.717, 1.165) is 12.7 Å². The highest BCUT2D eigenvalue weighted by Crippen LogP contribution is 2.32. The highest BCUT2D eigenvalue weighted by Gasteiger charge is 2.23. The lowest BCUT2D eigenvalue weighted by atomic mass is 10.0. The van der Waals surface area contributed by atoms with Gasteiger partial charge in [0.05, 0.1) is 18.4 Å². The van der Waals surface area contributed by atoms with Gasteiger partial charge in [0.2, 0.25) is 0 Å². The minimum atomic E-state index is -3.19. The molecule has 0 radical (unpaired) electrons. The van der Waals surface area contributed by atoms with Crippen LogP contribution in [0.15, 0.2) is 42.5 Å². The van der Waals surface area contributed by atoms with E-state index in [9.17, 15) is 17.6 Å². The number of amides is 1. The molecular formula is C19H20FNO4S. The van der Waals surface area contributed by atoms with E-state index in [4.69, 9.17) is 4.74 Å². The van der Waals surface area contributed by atoms with Crippen molar-refractivity contribution in [2.75, 3.05) is 12.9 Å². The predicted molar refractivity (Wildman–Crippen MR) is 96.3 cm³/mol. The van der Waals surface area contributed by atoms with E-state index in [-0.39, 0.29) is 23.5 Å². The molecule has 2 aromatic rings. The summed E-state index contributed by atoms with van der Waals surface area (Å²) in [6.07, 6.45) is 2.51. The zero-order valence-electron chi connectivity index (χ0n) is 14.4. The lowest BCUT2D eigenvalue weighted by Gasteiger charge is -2.18. The second-order valence-corrected chi connectivity index (χ2v) is 8.61. The lowest BCUT2D eigenvalue weighted by Crippen LogP contribution is -2.28. The Hall–Kier alpha value is -2.41. The first-order chi connectivity index (χ1) is 12.3. The predicted octanol–water partition coefficient (Wildman–Crippen LogP) is 3.01. The minimum absolute atomic E-state index is 0.126. The summed E-state index contributed by atoms with van der Waals surface area (Å²) in [6.45, 7) is 0.509. The molecule has 0 aromatic heterocycles. The van der Waals surface area contributed by atoms with Crippen LogP contribution in [-0.4, -0.2) is 27.2 Å². The van der Waals surface area contributed by atoms with Crippen molar-refractivity contribution in [2.45, 2.75) is 24.6 Å². The molecule has 3 rings (SSSR count). The van der Waals surface area contributed by atoms with Crippen LogP contribution in [0.4, 0.5) is 4.39 Å². The largest absolute Gasteiger partial charge is 0.493 e. The molecule has 138 valence electrons. The van der Waals surface area contributed by atoms with E-state index in [0.29, 0.717) is 35.5 Å². The molecule has 1 N–H and O–H groups in total. The van der Waals surface area contributed by atoms with Crippen LogP contribution in [0.3, 0.4) is 0 Å². The fourth-order valence-corrected chi connectivity index (χ4v) is 3.83. The van der Waals surface area contributed by atoms with Gasteiger partial charge < -0.3 is 10.1 Å². The molecule has 0 spiro atoms. The summed E-state index contributed by atoms with van der Waals surface area (Å²) < 4.78 is 42.2. The van der Waals surface area contributed by atoms with Gasteiger partial charge in [0.1, 0.15) is 11.6 Å². The minimum Gasteiger partial charge on any atom is -0.493 e. The average molecular weight is 377 g/mol. The third kappa shape index (κ3) is 4.60. The van der Waals surface area contributed by atoms with Gasteiger partial charge >= 0.3 is 0 Å². The van der Waals surface area contributed by atoms with Gasteiger partial charge in [0.15, 0.2) is 9.84 Å². The Kier molecular flexibility index (Phi) is 5.27. The number of rotatable bonds is 4. The van der Waals surface area contributed by atoms with Crippen molar-refractivity contribution in [1.82, 2.24) is 5.32 Å². The molecule has 1 aliphatic rings. The highest BCUT2D eigenvalue weighted by molar-refractivity contribution is 7.89. The van der Waals surface area contributed by atoms with Crippen molar-refractivity contribution in [2.24, 2.45) is 0 Å². The van der Waals surface area contributed by atoms with Gasteiger partial charge in [-0.25, -0.2) is 12.8 Å². The lowest BCUT2D eigenvalue weighted by molar-refractivity contribution is 0.0934. The first-order valence-corrected chi connectivity index (χ1v) is 10.4. The van der Waals surface area contributed by atoms with Gasteiger partial charge in [-0.3, -0.25) is 4.79 Å². The van der Waals surface area contributed by atoms with Crippen LogP contribution >= 0.6 is 0 Å². The van der Waals surface area contributed by atoms with Gasteiger partial charge in [0, 0.05) is 17.4 Å². The third-order valence-electron chi connectivity index (χ3n) is 4.17. The number of hydrogen-bond acceptors (Lipinski definition) is 4. The van der Waals surface area contributed by atoms with Crippen molar-refractivity contribution < 1.29 is 22.3 Å². The Labute approximate surface area is 152 Å². The highest BCUT2D eigenvalue weighted by atomic mass is 32.2. The molecule has 0 saturated carbocycles. The molecule has 5 nitrogen and oxygen atoms in total. The van der Waals surface area contributed by atoms with E-state index in [1.807, 2.05) is 0 Å². The maximum Gasteiger partial charge on any atom is 0.251 e. The first kappa shape index (κ1) is 18.4. The van der Waals surface area contributed by atoms with E-state index in [2.05, 4.69) is 5.32 Å². The molecule has 7 heteroatoms. The van der Waals surface area contributed by atoms with Crippen LogP contribution < -0.4 is 10.1 Å². The number of sulfone groups is 1. The van der Waals surface area contributed by atoms with Crippen LogP contribution in [0.5, 0.6) is 5.75 Å². The summed E-state index contributed by atoms with van der Waals surface area (Å²) in [5, 5.41) is 2.91. The summed E-state index contributed by atoms with van der Waals surface area (Å²) in [6, 6.07) is 10.4. The van der Waals surface area contributed by atoms with Crippen molar-refractivity contribution in [3.8, 4) is 5.75 Å². The average Bonchev–Trinajstić information content (AvgIpc) is 2.76. The third-order valence-corrected chi connectivity index (χ3v) is 5.02. The van der Waals surface area contributed by atoms with E-state index in [1.165, 1.54) is 12.1 Å². The molecule has 0 saturated heterocycles. The summed E-state index contributed by atoms with van der Waals surface area (Å²) in [7, 11) is -3.19. The van der Waals surface area contributed by atoms with Crippen LogP contribution in [0.2, 0.25) is 0 Å². The Bertz CT molecular complexity index is 927. The number of benzene rings is 2. The summed E-state index contributed by atoms with van der Waals surface area (Å²) in [5.74, 6) is -0.273. The number of ether oxygens (including phenoxy) is 1. The Balaban J connectivity index is 1.82. The normalized spacial score (nSPS) is 16.9. The van der Waals surface area contributed by atoms with Crippen LogP contribution in [0, 0.1) is 5.82 Å². The Morgan fingerprint density at radius 3 is 2.85 bits per heavy atom. The number of carbonyl (C=O) groups excluding carboxylic acids is 1. The Morgan fingerprint density at radius 1 is 1.27 bits per heavy atom. The number of nitrogens with one attached hydrogen (secondary N) is 1. The standard InChI is InChI=1S/C19H20FNO4S/c1-26(23,24)12-13-4-2-5-14(10-13)19(22)21-17-6-3-9-25-18-8-7-15(20)11-16(17)18/h2,4-5,7-8,10-11,17H,3,6,9,12H2,1H3,(H,21,22). The zero-order valence-corrected chi connectivity index (χ0v) is 15.2. The maximum absolute atomic E-state index is 13.6. The van der Waals surface area contributed by atoms with E-state index in [1.54, 1.807) is 30.3 Å². The van der Waals surface area contributed by atoms with Crippen LogP contribution in [0.25, 0.3) is 0 Å². The molecule has 1 atom stereocenters. The van der Waals surface area contributed by atoms with Crippen molar-refractivity contribution in [3.63, 3.8) is 0 Å². The second-order valence-electron chi connectivity index (χ2n) is 6.47. The molecular weight excluding hydrogens is 357 g/mol. The summed E-state index contributed by atoms with van der Waals surface area (Å²) in [4.78, 5) is 12.6. The number of carbonyl (C=O) groups is 1. The van der Waals surface area contributed by atoms with Crippen LogP contribution in [-0.2, 0) is 15.6 Å².